The molecule has 1 saturated heterocycles. The molecule has 1 amide bonds. The minimum absolute atomic E-state index is 0.160. The Morgan fingerprint density at radius 3 is 3.12 bits per heavy atom. The average Bonchev–Trinajstić information content (AvgIpc) is 3.34. The Labute approximate surface area is 160 Å². The molecule has 26 heavy (non-hydrogen) atoms. The smallest absolute Gasteiger partial charge is 0.235 e. The number of nitriles is 1. The van der Waals surface area contributed by atoms with E-state index in [1.807, 2.05) is 0 Å². The Bertz CT molecular complexity index is 802. The van der Waals surface area contributed by atoms with Crippen molar-refractivity contribution in [2.75, 3.05) is 17.7 Å². The lowest BCUT2D eigenvalue weighted by atomic mass is 10.2. The molecular formula is C17H21N5O2S2. The maximum atomic E-state index is 12.2. The van der Waals surface area contributed by atoms with Crippen molar-refractivity contribution in [1.82, 2.24) is 14.8 Å². The third-order valence-corrected chi connectivity index (χ3v) is 5.84. The molecule has 0 aliphatic carbocycles. The van der Waals surface area contributed by atoms with Gasteiger partial charge in [0.2, 0.25) is 5.91 Å². The van der Waals surface area contributed by atoms with E-state index < -0.39 is 0 Å². The second-order valence-electron chi connectivity index (χ2n) is 6.35. The molecule has 0 saturated carbocycles. The van der Waals surface area contributed by atoms with Gasteiger partial charge in [0.05, 0.1) is 24.0 Å². The molecule has 1 fully saturated rings. The molecule has 3 rings (SSSR count). The van der Waals surface area contributed by atoms with Crippen LogP contribution in [0.3, 0.4) is 0 Å². The van der Waals surface area contributed by atoms with Gasteiger partial charge in [-0.2, -0.15) is 5.26 Å². The molecule has 1 unspecified atom stereocenters. The number of rotatable bonds is 7. The van der Waals surface area contributed by atoms with Crippen LogP contribution in [0, 0.1) is 11.3 Å². The van der Waals surface area contributed by atoms with E-state index >= 15 is 0 Å². The van der Waals surface area contributed by atoms with Crippen LogP contribution in [0.4, 0.5) is 5.00 Å². The number of hydrogen-bond donors (Lipinski definition) is 1. The van der Waals surface area contributed by atoms with Crippen molar-refractivity contribution in [3.05, 3.63) is 22.8 Å². The predicted octanol–water partition coefficient (Wildman–Crippen LogP) is 3.24. The van der Waals surface area contributed by atoms with Crippen molar-refractivity contribution < 1.29 is 9.53 Å². The minimum Gasteiger partial charge on any atom is -0.376 e. The molecule has 0 bridgehead atoms. The molecule has 2 aromatic rings. The topological polar surface area (TPSA) is 92.8 Å². The maximum absolute atomic E-state index is 12.2. The van der Waals surface area contributed by atoms with Gasteiger partial charge < -0.3 is 14.6 Å². The van der Waals surface area contributed by atoms with Crippen LogP contribution in [0.25, 0.3) is 0 Å². The third kappa shape index (κ3) is 4.44. The quantitative estimate of drug-likeness (QED) is 0.728. The van der Waals surface area contributed by atoms with E-state index in [4.69, 9.17) is 10.00 Å². The number of thioether (sulfide) groups is 1. The van der Waals surface area contributed by atoms with Gasteiger partial charge in [0, 0.05) is 12.5 Å². The molecule has 3 heterocycles. The standard InChI is InChI=1S/C17H21N5O2S2/c1-11(2)15-20-21-17(22(15)9-13-4-3-6-24-13)26-10-14(23)19-16-12(8-18)5-7-25-16/h5,7,11,13H,3-4,6,9-10H2,1-2H3,(H,19,23). The van der Waals surface area contributed by atoms with Gasteiger partial charge in [-0.3, -0.25) is 4.79 Å². The van der Waals surface area contributed by atoms with Gasteiger partial charge in [0.25, 0.3) is 0 Å². The molecule has 7 nitrogen and oxygen atoms in total. The molecule has 138 valence electrons. The van der Waals surface area contributed by atoms with Gasteiger partial charge >= 0.3 is 0 Å². The molecule has 1 N–H and O–H groups in total. The number of nitrogens with one attached hydrogen (secondary N) is 1. The molecule has 1 atom stereocenters. The van der Waals surface area contributed by atoms with Gasteiger partial charge in [0.1, 0.15) is 16.9 Å². The van der Waals surface area contributed by atoms with Crippen molar-refractivity contribution in [2.45, 2.75) is 50.4 Å². The number of ether oxygens (including phenoxy) is 1. The molecule has 0 aromatic carbocycles. The summed E-state index contributed by atoms with van der Waals surface area (Å²) < 4.78 is 7.82. The number of thiophene rings is 1. The number of nitrogens with zero attached hydrogens (tertiary/aromatic N) is 4. The molecule has 9 heteroatoms. The Morgan fingerprint density at radius 1 is 1.58 bits per heavy atom. The van der Waals surface area contributed by atoms with E-state index in [1.165, 1.54) is 23.1 Å². The van der Waals surface area contributed by atoms with Crippen molar-refractivity contribution in [3.63, 3.8) is 0 Å². The van der Waals surface area contributed by atoms with E-state index in [9.17, 15) is 4.79 Å². The minimum atomic E-state index is -0.160. The highest BCUT2D eigenvalue weighted by Crippen LogP contribution is 2.26. The number of aromatic nitrogens is 3. The fourth-order valence-electron chi connectivity index (χ4n) is 2.78. The highest BCUT2D eigenvalue weighted by atomic mass is 32.2. The highest BCUT2D eigenvalue weighted by molar-refractivity contribution is 7.99. The van der Waals surface area contributed by atoms with Crippen LogP contribution in [0.1, 0.15) is 44.0 Å². The molecular weight excluding hydrogens is 370 g/mol. The lowest BCUT2D eigenvalue weighted by Gasteiger charge is -2.15. The molecule has 0 radical (unpaired) electrons. The number of anilines is 1. The summed E-state index contributed by atoms with van der Waals surface area (Å²) in [5.74, 6) is 1.21. The number of amides is 1. The Kier molecular flexibility index (Phi) is 6.29. The van der Waals surface area contributed by atoms with Crippen molar-refractivity contribution in [1.29, 1.82) is 5.26 Å². The van der Waals surface area contributed by atoms with Crippen LogP contribution in [0.5, 0.6) is 0 Å². The summed E-state index contributed by atoms with van der Waals surface area (Å²) in [4.78, 5) is 12.2. The zero-order valence-corrected chi connectivity index (χ0v) is 16.4. The zero-order chi connectivity index (χ0) is 18.5. The summed E-state index contributed by atoms with van der Waals surface area (Å²) in [5, 5.41) is 23.5. The van der Waals surface area contributed by atoms with Gasteiger partial charge in [-0.15, -0.1) is 21.5 Å². The maximum Gasteiger partial charge on any atom is 0.235 e. The van der Waals surface area contributed by atoms with Crippen molar-refractivity contribution >= 4 is 34.0 Å². The summed E-state index contributed by atoms with van der Waals surface area (Å²) in [5.41, 5.74) is 0.483. The van der Waals surface area contributed by atoms with E-state index in [0.717, 1.165) is 30.4 Å². The van der Waals surface area contributed by atoms with Gasteiger partial charge in [-0.05, 0) is 24.3 Å². The summed E-state index contributed by atoms with van der Waals surface area (Å²) in [7, 11) is 0. The highest BCUT2D eigenvalue weighted by Gasteiger charge is 2.22. The molecule has 2 aromatic heterocycles. The first-order valence-corrected chi connectivity index (χ1v) is 10.4. The molecule has 1 aliphatic heterocycles. The van der Waals surface area contributed by atoms with E-state index in [-0.39, 0.29) is 23.7 Å². The molecule has 1 aliphatic rings. The Hall–Kier alpha value is -1.89. The van der Waals surface area contributed by atoms with Crippen LogP contribution >= 0.6 is 23.1 Å². The SMILES string of the molecule is CC(C)c1nnc(SCC(=O)Nc2sccc2C#N)n1CC1CCCO1. The fourth-order valence-corrected chi connectivity index (χ4v) is 4.29. The summed E-state index contributed by atoms with van der Waals surface area (Å²) in [6.07, 6.45) is 2.30. The second-order valence-corrected chi connectivity index (χ2v) is 8.21. The van der Waals surface area contributed by atoms with Crippen molar-refractivity contribution in [2.24, 2.45) is 0 Å². The number of carbonyl (C=O) groups is 1. The molecule has 0 spiro atoms. The van der Waals surface area contributed by atoms with E-state index in [2.05, 4.69) is 40.0 Å². The predicted molar refractivity (Wildman–Crippen MR) is 101 cm³/mol. The fraction of sp³-hybridized carbons (Fsp3) is 0.529. The lowest BCUT2D eigenvalue weighted by molar-refractivity contribution is -0.113. The van der Waals surface area contributed by atoms with E-state index in [1.54, 1.807) is 11.4 Å². The van der Waals surface area contributed by atoms with Crippen LogP contribution < -0.4 is 5.32 Å². The van der Waals surface area contributed by atoms with Crippen molar-refractivity contribution in [3.8, 4) is 6.07 Å². The summed E-state index contributed by atoms with van der Waals surface area (Å²) >= 11 is 2.70. The number of hydrogen-bond acceptors (Lipinski definition) is 7. The first kappa shape index (κ1) is 18.9. The zero-order valence-electron chi connectivity index (χ0n) is 14.8. The lowest BCUT2D eigenvalue weighted by Crippen LogP contribution is -2.19. The van der Waals surface area contributed by atoms with Gasteiger partial charge in [-0.1, -0.05) is 25.6 Å². The monoisotopic (exact) mass is 391 g/mol. The normalized spacial score (nSPS) is 16.8. The van der Waals surface area contributed by atoms with Crippen LogP contribution in [0.15, 0.2) is 16.6 Å². The Morgan fingerprint density at radius 2 is 2.42 bits per heavy atom. The van der Waals surface area contributed by atoms with Gasteiger partial charge in [-0.25, -0.2) is 0 Å². The number of carbonyl (C=O) groups excluding carboxylic acids is 1. The van der Waals surface area contributed by atoms with Gasteiger partial charge in [0.15, 0.2) is 5.16 Å². The average molecular weight is 392 g/mol. The third-order valence-electron chi connectivity index (χ3n) is 4.04. The largest absolute Gasteiger partial charge is 0.376 e. The van der Waals surface area contributed by atoms with Crippen LogP contribution in [-0.2, 0) is 16.1 Å². The Balaban J connectivity index is 1.65. The van der Waals surface area contributed by atoms with Crippen LogP contribution in [-0.4, -0.2) is 39.1 Å². The first-order chi connectivity index (χ1) is 12.6. The summed E-state index contributed by atoms with van der Waals surface area (Å²) in [6.45, 7) is 5.68. The summed E-state index contributed by atoms with van der Waals surface area (Å²) in [6, 6.07) is 3.76. The first-order valence-electron chi connectivity index (χ1n) is 8.53. The van der Waals surface area contributed by atoms with E-state index in [0.29, 0.717) is 17.1 Å². The second kappa shape index (κ2) is 8.66. The van der Waals surface area contributed by atoms with Crippen LogP contribution in [0.2, 0.25) is 0 Å².